The van der Waals surface area contributed by atoms with Crippen LogP contribution in [0.15, 0.2) is 34.3 Å². The van der Waals surface area contributed by atoms with E-state index in [1.165, 1.54) is 23.1 Å². The first kappa shape index (κ1) is 26.4. The smallest absolute Gasteiger partial charge is 0.251 e. The van der Waals surface area contributed by atoms with Crippen molar-refractivity contribution in [3.8, 4) is 0 Å². The van der Waals surface area contributed by atoms with Gasteiger partial charge >= 0.3 is 0 Å². The molecule has 0 spiro atoms. The number of rotatable bonds is 9. The Morgan fingerprint density at radius 1 is 1.19 bits per heavy atom. The van der Waals surface area contributed by atoms with Crippen LogP contribution in [0, 0.1) is 6.92 Å². The highest BCUT2D eigenvalue weighted by molar-refractivity contribution is 8.00. The summed E-state index contributed by atoms with van der Waals surface area (Å²) in [4.78, 5) is 26.5. The van der Waals surface area contributed by atoms with Gasteiger partial charge in [-0.25, -0.2) is 8.42 Å². The number of thiophene rings is 1. The summed E-state index contributed by atoms with van der Waals surface area (Å²) in [5.74, 6) is -0.799. The number of carbonyl (C=O) groups is 2. The summed E-state index contributed by atoms with van der Waals surface area (Å²) in [5, 5.41) is 11.5. The van der Waals surface area contributed by atoms with Crippen LogP contribution in [0.1, 0.15) is 58.9 Å². The summed E-state index contributed by atoms with van der Waals surface area (Å²) >= 11 is 2.60. The highest BCUT2D eigenvalue weighted by atomic mass is 32.2. The summed E-state index contributed by atoms with van der Waals surface area (Å²) < 4.78 is 27.5. The van der Waals surface area contributed by atoms with E-state index in [9.17, 15) is 18.0 Å². The quantitative estimate of drug-likeness (QED) is 0.389. The van der Waals surface area contributed by atoms with Gasteiger partial charge in [0.1, 0.15) is 16.6 Å². The van der Waals surface area contributed by atoms with Crippen LogP contribution in [0.3, 0.4) is 0 Å². The van der Waals surface area contributed by atoms with E-state index in [1.54, 1.807) is 35.8 Å². The Labute approximate surface area is 218 Å². The Morgan fingerprint density at radius 2 is 1.89 bits per heavy atom. The summed E-state index contributed by atoms with van der Waals surface area (Å²) in [6.07, 6.45) is 3.73. The number of aryl methyl sites for hydroxylation is 2. The molecule has 1 aromatic carbocycles. The van der Waals surface area contributed by atoms with Gasteiger partial charge in [0.2, 0.25) is 5.91 Å². The first-order valence-electron chi connectivity index (χ1n) is 11.7. The molecule has 1 aliphatic rings. The Morgan fingerprint density at radius 3 is 2.56 bits per heavy atom. The van der Waals surface area contributed by atoms with Crippen LogP contribution in [0.25, 0.3) is 0 Å². The Balaban J connectivity index is 1.49. The Bertz CT molecular complexity index is 1390. The summed E-state index contributed by atoms with van der Waals surface area (Å²) in [7, 11) is -3.60. The maximum Gasteiger partial charge on any atom is 0.251 e. The molecule has 0 aliphatic heterocycles. The van der Waals surface area contributed by atoms with Gasteiger partial charge in [0.05, 0.1) is 15.7 Å². The van der Waals surface area contributed by atoms with E-state index in [-0.39, 0.29) is 16.6 Å². The minimum absolute atomic E-state index is 0.226. The number of nitrogens with zero attached hydrogens (tertiary/aromatic N) is 3. The van der Waals surface area contributed by atoms with Crippen molar-refractivity contribution < 1.29 is 18.0 Å². The molecule has 0 radical (unpaired) electrons. The summed E-state index contributed by atoms with van der Waals surface area (Å²) in [6.45, 7) is 5.95. The van der Waals surface area contributed by atoms with E-state index in [4.69, 9.17) is 5.73 Å². The largest absolute Gasteiger partial charge is 0.365 e. The average molecular weight is 548 g/mol. The predicted octanol–water partition coefficient (Wildman–Crippen LogP) is 3.74. The zero-order chi connectivity index (χ0) is 26.0. The molecule has 3 N–H and O–H groups in total. The molecule has 0 bridgehead atoms. The fraction of sp³-hybridized carbons (Fsp3) is 0.417. The lowest BCUT2D eigenvalue weighted by molar-refractivity contribution is -0.115. The van der Waals surface area contributed by atoms with Crippen LogP contribution in [0.4, 0.5) is 5.00 Å². The second kappa shape index (κ2) is 10.7. The number of primary amides is 1. The Kier molecular flexibility index (Phi) is 7.86. The third kappa shape index (κ3) is 5.50. The number of benzene rings is 1. The molecular formula is C24H29N5O4S3. The third-order valence-corrected chi connectivity index (χ3v) is 10.0. The molecule has 2 amide bonds. The number of sulfone groups is 1. The van der Waals surface area contributed by atoms with E-state index in [1.807, 2.05) is 13.8 Å². The van der Waals surface area contributed by atoms with Gasteiger partial charge in [-0.3, -0.25) is 9.59 Å². The number of anilines is 1. The third-order valence-electron chi connectivity index (χ3n) is 6.11. The first-order chi connectivity index (χ1) is 17.1. The molecule has 2 heterocycles. The number of amides is 2. The minimum atomic E-state index is -3.60. The zero-order valence-corrected chi connectivity index (χ0v) is 22.9. The maximum atomic E-state index is 13.0. The van der Waals surface area contributed by atoms with E-state index in [0.717, 1.165) is 41.7 Å². The molecule has 4 rings (SSSR count). The molecule has 3 aromatic rings. The summed E-state index contributed by atoms with van der Waals surface area (Å²) in [6, 6.07) is 6.68. The van der Waals surface area contributed by atoms with Gasteiger partial charge in [-0.2, -0.15) is 0 Å². The van der Waals surface area contributed by atoms with Crippen LogP contribution >= 0.6 is 23.1 Å². The number of fused-ring (bicyclic) bond motifs is 1. The van der Waals surface area contributed by atoms with Crippen LogP contribution < -0.4 is 11.1 Å². The molecule has 36 heavy (non-hydrogen) atoms. The highest BCUT2D eigenvalue weighted by Crippen LogP contribution is 2.38. The molecule has 9 nitrogen and oxygen atoms in total. The van der Waals surface area contributed by atoms with Crippen molar-refractivity contribution in [1.29, 1.82) is 0 Å². The van der Waals surface area contributed by atoms with Gasteiger partial charge in [-0.1, -0.05) is 29.5 Å². The van der Waals surface area contributed by atoms with Crippen molar-refractivity contribution in [3.05, 3.63) is 51.7 Å². The topological polar surface area (TPSA) is 137 Å². The van der Waals surface area contributed by atoms with Crippen LogP contribution in [0.2, 0.25) is 0 Å². The van der Waals surface area contributed by atoms with E-state index < -0.39 is 21.0 Å². The van der Waals surface area contributed by atoms with E-state index >= 15 is 0 Å². The molecule has 192 valence electrons. The van der Waals surface area contributed by atoms with Crippen molar-refractivity contribution in [2.75, 3.05) is 5.32 Å². The number of nitrogens with one attached hydrogen (secondary N) is 1. The fourth-order valence-electron chi connectivity index (χ4n) is 4.17. The zero-order valence-electron chi connectivity index (χ0n) is 20.4. The Hall–Kier alpha value is -2.70. The SMILES string of the molecule is CCn1c(CS(=O)(=O)c2ccc(C)cc2)nnc1SC(C)C(=O)Nc1sc2c(c1C(N)=O)CCCC2. The van der Waals surface area contributed by atoms with E-state index in [2.05, 4.69) is 15.5 Å². The molecule has 0 saturated carbocycles. The maximum absolute atomic E-state index is 13.0. The highest BCUT2D eigenvalue weighted by Gasteiger charge is 2.28. The van der Waals surface area contributed by atoms with Crippen molar-refractivity contribution in [2.45, 2.75) is 74.1 Å². The van der Waals surface area contributed by atoms with Gasteiger partial charge in [0, 0.05) is 11.4 Å². The number of thioether (sulfide) groups is 1. The molecule has 0 fully saturated rings. The number of aromatic nitrogens is 3. The van der Waals surface area contributed by atoms with Crippen molar-refractivity contribution >= 4 is 49.8 Å². The molecule has 12 heteroatoms. The lowest BCUT2D eigenvalue weighted by atomic mass is 9.95. The standard InChI is InChI=1S/C24H29N5O4S3/c1-4-29-19(13-36(32,33)16-11-9-14(2)10-12-16)27-28-24(29)34-15(3)22(31)26-23-20(21(25)30)17-7-5-6-8-18(17)35-23/h9-12,15H,4-8,13H2,1-3H3,(H2,25,30)(H,26,31). The number of nitrogens with two attached hydrogens (primary N) is 1. The van der Waals surface area contributed by atoms with Crippen molar-refractivity contribution in [3.63, 3.8) is 0 Å². The fourth-order valence-corrected chi connectivity index (χ4v) is 7.67. The first-order valence-corrected chi connectivity index (χ1v) is 15.1. The monoisotopic (exact) mass is 547 g/mol. The van der Waals surface area contributed by atoms with Crippen molar-refractivity contribution in [1.82, 2.24) is 14.8 Å². The molecule has 1 aliphatic carbocycles. The van der Waals surface area contributed by atoms with Gasteiger partial charge in [-0.05, 0) is 64.2 Å². The van der Waals surface area contributed by atoms with Gasteiger partial charge in [-0.15, -0.1) is 21.5 Å². The van der Waals surface area contributed by atoms with Crippen LogP contribution in [-0.2, 0) is 39.8 Å². The van der Waals surface area contributed by atoms with Crippen LogP contribution in [-0.4, -0.2) is 40.2 Å². The predicted molar refractivity (Wildman–Crippen MR) is 141 cm³/mol. The van der Waals surface area contributed by atoms with Crippen molar-refractivity contribution in [2.24, 2.45) is 5.73 Å². The minimum Gasteiger partial charge on any atom is -0.365 e. The van der Waals surface area contributed by atoms with Gasteiger partial charge in [0.15, 0.2) is 15.0 Å². The van der Waals surface area contributed by atoms with Gasteiger partial charge < -0.3 is 15.6 Å². The molecule has 0 saturated heterocycles. The average Bonchev–Trinajstić information content (AvgIpc) is 3.38. The van der Waals surface area contributed by atoms with Crippen LogP contribution in [0.5, 0.6) is 0 Å². The second-order valence-corrected chi connectivity index (χ2v) is 13.1. The van der Waals surface area contributed by atoms with E-state index in [0.29, 0.717) is 28.1 Å². The number of hydrogen-bond acceptors (Lipinski definition) is 8. The molecule has 1 atom stereocenters. The summed E-state index contributed by atoms with van der Waals surface area (Å²) in [5.41, 5.74) is 7.99. The molecule has 2 aromatic heterocycles. The lowest BCUT2D eigenvalue weighted by Gasteiger charge is -2.13. The van der Waals surface area contributed by atoms with Gasteiger partial charge in [0.25, 0.3) is 5.91 Å². The number of carbonyl (C=O) groups excluding carboxylic acids is 2. The molecule has 1 unspecified atom stereocenters. The molecular weight excluding hydrogens is 518 g/mol. The lowest BCUT2D eigenvalue weighted by Crippen LogP contribution is -2.24. The second-order valence-electron chi connectivity index (χ2n) is 8.74. The normalized spacial score (nSPS) is 14.3. The number of hydrogen-bond donors (Lipinski definition) is 2.